The van der Waals surface area contributed by atoms with Crippen molar-refractivity contribution < 1.29 is 33.0 Å². The number of benzene rings is 1. The first-order valence-corrected chi connectivity index (χ1v) is 13.5. The topological polar surface area (TPSA) is 146 Å². The van der Waals surface area contributed by atoms with Crippen molar-refractivity contribution in [3.05, 3.63) is 59.8 Å². The highest BCUT2D eigenvalue weighted by Gasteiger charge is 2.24. The van der Waals surface area contributed by atoms with Crippen LogP contribution in [0.4, 0.5) is 5.69 Å². The first-order chi connectivity index (χ1) is 17.4. The summed E-state index contributed by atoms with van der Waals surface area (Å²) in [7, 11) is -3.66. The number of rotatable bonds is 10. The molecule has 0 spiro atoms. The molecule has 1 fully saturated rings. The van der Waals surface area contributed by atoms with Gasteiger partial charge in [-0.15, -0.1) is 0 Å². The lowest BCUT2D eigenvalue weighted by Gasteiger charge is -2.16. The van der Waals surface area contributed by atoms with E-state index in [4.69, 9.17) is 14.9 Å². The molecule has 3 N–H and O–H groups in total. The lowest BCUT2D eigenvalue weighted by molar-refractivity contribution is -0.134. The molecule has 1 aliphatic heterocycles. The quantitative estimate of drug-likeness (QED) is 0.387. The number of carboxylic acid groups (broad SMARTS) is 2. The second-order valence-corrected chi connectivity index (χ2v) is 10.6. The number of ether oxygens (including phenoxy) is 1. The molecule has 2 heterocycles. The summed E-state index contributed by atoms with van der Waals surface area (Å²) in [6, 6.07) is 10.4. The molecule has 1 saturated heterocycles. The van der Waals surface area contributed by atoms with Crippen LogP contribution in [0.5, 0.6) is 5.88 Å². The van der Waals surface area contributed by atoms with Gasteiger partial charge in [0.05, 0.1) is 16.3 Å². The lowest BCUT2D eigenvalue weighted by Crippen LogP contribution is -2.25. The monoisotopic (exact) mass is 533 g/mol. The Balaban J connectivity index is 0.000000521. The second kappa shape index (κ2) is 13.8. The molecule has 1 atom stereocenters. The van der Waals surface area contributed by atoms with E-state index in [0.29, 0.717) is 35.3 Å². The standard InChI is InChI=1S/C22H31N3O3S.C4H4O4/c1-5-13-25-14-12-19(15-25)28-22-11-10-21(17(4)23-22)24-29(26,27)20-8-6-18(7-9-20)16(2)3;5-3(6)1-2-4(7)8/h6-11,16,19,24H,5,12-15H2,1-4H3;1-2H,(H,5,6)(H,7,8). The van der Waals surface area contributed by atoms with Crippen LogP contribution < -0.4 is 9.46 Å². The van der Waals surface area contributed by atoms with Crippen LogP contribution in [0.2, 0.25) is 0 Å². The van der Waals surface area contributed by atoms with E-state index in [1.807, 2.05) is 12.1 Å². The Morgan fingerprint density at radius 2 is 1.76 bits per heavy atom. The van der Waals surface area contributed by atoms with E-state index in [-0.39, 0.29) is 11.0 Å². The van der Waals surface area contributed by atoms with Crippen LogP contribution in [-0.4, -0.2) is 66.2 Å². The SMILES string of the molecule is CCCN1CCC(Oc2ccc(NS(=O)(=O)c3ccc(C(C)C)cc3)c(C)n2)C1.O=C(O)C=CC(=O)O. The molecule has 3 rings (SSSR count). The number of likely N-dealkylation sites (tertiary alicyclic amines) is 1. The van der Waals surface area contributed by atoms with E-state index >= 15 is 0 Å². The number of sulfonamides is 1. The number of pyridine rings is 1. The molecule has 1 aromatic carbocycles. The Morgan fingerprint density at radius 1 is 1.14 bits per heavy atom. The predicted octanol–water partition coefficient (Wildman–Crippen LogP) is 3.89. The molecular weight excluding hydrogens is 498 g/mol. The number of aliphatic carboxylic acids is 2. The summed E-state index contributed by atoms with van der Waals surface area (Å²) >= 11 is 0. The van der Waals surface area contributed by atoms with E-state index in [1.54, 1.807) is 31.2 Å². The number of carboxylic acids is 2. The molecule has 1 aliphatic rings. The third kappa shape index (κ3) is 9.85. The fourth-order valence-electron chi connectivity index (χ4n) is 3.67. The Bertz CT molecular complexity index is 1180. The summed E-state index contributed by atoms with van der Waals surface area (Å²) in [5.74, 6) is -1.62. The van der Waals surface area contributed by atoms with Gasteiger partial charge in [0.1, 0.15) is 6.10 Å². The number of aryl methyl sites for hydroxylation is 1. The lowest BCUT2D eigenvalue weighted by atomic mass is 10.0. The van der Waals surface area contributed by atoms with Crippen molar-refractivity contribution in [2.75, 3.05) is 24.4 Å². The minimum absolute atomic E-state index is 0.135. The summed E-state index contributed by atoms with van der Waals surface area (Å²) in [5.41, 5.74) is 2.16. The fourth-order valence-corrected chi connectivity index (χ4v) is 4.79. The Morgan fingerprint density at radius 3 is 2.27 bits per heavy atom. The first kappa shape index (κ1) is 29.8. The van der Waals surface area contributed by atoms with E-state index in [9.17, 15) is 18.0 Å². The molecule has 2 aromatic rings. The minimum Gasteiger partial charge on any atom is -0.478 e. The summed E-state index contributed by atoms with van der Waals surface area (Å²) in [5, 5.41) is 15.6. The zero-order valence-electron chi connectivity index (χ0n) is 21.5. The average Bonchev–Trinajstić information content (AvgIpc) is 3.27. The Labute approximate surface area is 218 Å². The van der Waals surface area contributed by atoms with Gasteiger partial charge in [0.15, 0.2) is 0 Å². The van der Waals surface area contributed by atoms with Gasteiger partial charge in [0.2, 0.25) is 5.88 Å². The highest BCUT2D eigenvalue weighted by molar-refractivity contribution is 7.92. The number of nitrogens with one attached hydrogen (secondary N) is 1. The third-order valence-electron chi connectivity index (χ3n) is 5.59. The molecule has 0 radical (unpaired) electrons. The van der Waals surface area contributed by atoms with Crippen LogP contribution >= 0.6 is 0 Å². The Hall–Kier alpha value is -3.44. The van der Waals surface area contributed by atoms with Crippen LogP contribution in [0.1, 0.15) is 50.8 Å². The molecule has 0 amide bonds. The fraction of sp³-hybridized carbons (Fsp3) is 0.423. The van der Waals surface area contributed by atoms with Crippen molar-refractivity contribution in [2.45, 2.75) is 57.5 Å². The van der Waals surface area contributed by atoms with Gasteiger partial charge >= 0.3 is 11.9 Å². The average molecular weight is 534 g/mol. The molecular formula is C26H35N3O7S. The van der Waals surface area contributed by atoms with Crippen molar-refractivity contribution in [3.63, 3.8) is 0 Å². The molecule has 1 unspecified atom stereocenters. The predicted molar refractivity (Wildman–Crippen MR) is 140 cm³/mol. The molecule has 202 valence electrons. The number of nitrogens with zero attached hydrogens (tertiary/aromatic N) is 2. The van der Waals surface area contributed by atoms with Crippen molar-refractivity contribution in [1.29, 1.82) is 0 Å². The molecule has 0 saturated carbocycles. The van der Waals surface area contributed by atoms with Gasteiger partial charge in [-0.25, -0.2) is 23.0 Å². The molecule has 11 heteroatoms. The number of anilines is 1. The molecule has 0 aliphatic carbocycles. The summed E-state index contributed by atoms with van der Waals surface area (Å²) in [6.07, 6.45) is 3.38. The number of carbonyl (C=O) groups is 2. The van der Waals surface area contributed by atoms with Crippen LogP contribution in [0.15, 0.2) is 53.4 Å². The number of hydrogen-bond donors (Lipinski definition) is 3. The normalized spacial score (nSPS) is 15.9. The van der Waals surface area contributed by atoms with Gasteiger partial charge in [-0.2, -0.15) is 0 Å². The van der Waals surface area contributed by atoms with Crippen molar-refractivity contribution >= 4 is 27.6 Å². The largest absolute Gasteiger partial charge is 0.478 e. The van der Waals surface area contributed by atoms with Crippen LogP contribution in [-0.2, 0) is 19.6 Å². The summed E-state index contributed by atoms with van der Waals surface area (Å²) in [6.45, 7) is 11.2. The van der Waals surface area contributed by atoms with Gasteiger partial charge in [-0.1, -0.05) is 32.9 Å². The smallest absolute Gasteiger partial charge is 0.328 e. The van der Waals surface area contributed by atoms with Crippen molar-refractivity contribution in [2.24, 2.45) is 0 Å². The van der Waals surface area contributed by atoms with Crippen LogP contribution in [0.25, 0.3) is 0 Å². The third-order valence-corrected chi connectivity index (χ3v) is 6.97. The van der Waals surface area contributed by atoms with Crippen molar-refractivity contribution in [3.8, 4) is 5.88 Å². The molecule has 1 aromatic heterocycles. The highest BCUT2D eigenvalue weighted by Crippen LogP contribution is 2.24. The van der Waals surface area contributed by atoms with E-state index in [2.05, 4.69) is 35.4 Å². The van der Waals surface area contributed by atoms with E-state index < -0.39 is 22.0 Å². The second-order valence-electron chi connectivity index (χ2n) is 8.95. The zero-order chi connectivity index (χ0) is 27.6. The molecule has 0 bridgehead atoms. The Kier molecular flexibility index (Phi) is 11.1. The molecule has 37 heavy (non-hydrogen) atoms. The maximum absolute atomic E-state index is 12.7. The summed E-state index contributed by atoms with van der Waals surface area (Å²) in [4.78, 5) is 26.2. The maximum atomic E-state index is 12.7. The van der Waals surface area contributed by atoms with Gasteiger partial charge in [0.25, 0.3) is 10.0 Å². The highest BCUT2D eigenvalue weighted by atomic mass is 32.2. The van der Waals surface area contributed by atoms with E-state index in [1.165, 1.54) is 0 Å². The zero-order valence-corrected chi connectivity index (χ0v) is 22.4. The van der Waals surface area contributed by atoms with Gasteiger partial charge in [0, 0.05) is 31.3 Å². The van der Waals surface area contributed by atoms with Crippen molar-refractivity contribution in [1.82, 2.24) is 9.88 Å². The minimum atomic E-state index is -3.66. The van der Waals surface area contributed by atoms with Gasteiger partial charge in [-0.3, -0.25) is 9.62 Å². The first-order valence-electron chi connectivity index (χ1n) is 12.0. The van der Waals surface area contributed by atoms with Gasteiger partial charge in [-0.05, 0) is 56.0 Å². The summed E-state index contributed by atoms with van der Waals surface area (Å²) < 4.78 is 34.1. The molecule has 10 nitrogen and oxygen atoms in total. The van der Waals surface area contributed by atoms with Gasteiger partial charge < -0.3 is 14.9 Å². The maximum Gasteiger partial charge on any atom is 0.328 e. The number of aromatic nitrogens is 1. The van der Waals surface area contributed by atoms with E-state index in [0.717, 1.165) is 38.0 Å². The number of hydrogen-bond acceptors (Lipinski definition) is 7. The van der Waals surface area contributed by atoms with Crippen LogP contribution in [0.3, 0.4) is 0 Å². The van der Waals surface area contributed by atoms with Crippen LogP contribution in [0, 0.1) is 6.92 Å².